The lowest BCUT2D eigenvalue weighted by atomic mass is 9.96. The molecule has 0 fully saturated rings. The van der Waals surface area contributed by atoms with Crippen LogP contribution in [0.1, 0.15) is 28.3 Å². The highest BCUT2D eigenvalue weighted by Gasteiger charge is 2.14. The SMILES string of the molecule is COc1ccc(F)cc1C(N)Cc1ccc(C)c(C)c1. The first-order valence-electron chi connectivity index (χ1n) is 6.66. The lowest BCUT2D eigenvalue weighted by molar-refractivity contribution is 0.404. The Morgan fingerprint density at radius 2 is 1.85 bits per heavy atom. The summed E-state index contributed by atoms with van der Waals surface area (Å²) < 4.78 is 18.6. The van der Waals surface area contributed by atoms with Crippen LogP contribution in [0.4, 0.5) is 4.39 Å². The van der Waals surface area contributed by atoms with Crippen molar-refractivity contribution in [3.63, 3.8) is 0 Å². The Morgan fingerprint density at radius 3 is 2.50 bits per heavy atom. The standard InChI is InChI=1S/C17H20FNO/c1-11-4-5-13(8-12(11)2)9-16(19)15-10-14(18)6-7-17(15)20-3/h4-8,10,16H,9,19H2,1-3H3. The van der Waals surface area contributed by atoms with E-state index in [-0.39, 0.29) is 11.9 Å². The summed E-state index contributed by atoms with van der Waals surface area (Å²) in [6.45, 7) is 4.15. The third-order valence-electron chi connectivity index (χ3n) is 3.62. The first-order valence-corrected chi connectivity index (χ1v) is 6.66. The van der Waals surface area contributed by atoms with Crippen LogP contribution in [0.15, 0.2) is 36.4 Å². The summed E-state index contributed by atoms with van der Waals surface area (Å²) in [4.78, 5) is 0. The highest BCUT2D eigenvalue weighted by Crippen LogP contribution is 2.27. The molecule has 0 aliphatic carbocycles. The molecule has 0 saturated carbocycles. The van der Waals surface area contributed by atoms with E-state index < -0.39 is 0 Å². The summed E-state index contributed by atoms with van der Waals surface area (Å²) in [5.74, 6) is 0.332. The van der Waals surface area contributed by atoms with Gasteiger partial charge in [0.1, 0.15) is 11.6 Å². The van der Waals surface area contributed by atoms with E-state index in [0.717, 1.165) is 5.56 Å². The summed E-state index contributed by atoms with van der Waals surface area (Å²) >= 11 is 0. The average Bonchev–Trinajstić information content (AvgIpc) is 2.43. The predicted octanol–water partition coefficient (Wildman–Crippen LogP) is 3.69. The highest BCUT2D eigenvalue weighted by atomic mass is 19.1. The minimum atomic E-state index is -0.295. The molecular formula is C17H20FNO. The zero-order chi connectivity index (χ0) is 14.7. The second-order valence-electron chi connectivity index (χ2n) is 5.12. The topological polar surface area (TPSA) is 35.2 Å². The molecule has 0 bridgehead atoms. The number of halogens is 1. The van der Waals surface area contributed by atoms with Gasteiger partial charge in [0.2, 0.25) is 0 Å². The van der Waals surface area contributed by atoms with Gasteiger partial charge in [0.15, 0.2) is 0 Å². The molecule has 0 radical (unpaired) electrons. The minimum absolute atomic E-state index is 0.289. The molecule has 2 aromatic carbocycles. The van der Waals surface area contributed by atoms with Crippen LogP contribution in [0.25, 0.3) is 0 Å². The third kappa shape index (κ3) is 3.17. The third-order valence-corrected chi connectivity index (χ3v) is 3.62. The minimum Gasteiger partial charge on any atom is -0.496 e. The van der Waals surface area contributed by atoms with Crippen LogP contribution in [0.5, 0.6) is 5.75 Å². The molecule has 2 nitrogen and oxygen atoms in total. The Kier molecular flexibility index (Phi) is 4.40. The Labute approximate surface area is 119 Å². The van der Waals surface area contributed by atoms with Crippen molar-refractivity contribution in [3.8, 4) is 5.75 Å². The molecule has 2 N–H and O–H groups in total. The van der Waals surface area contributed by atoms with Crippen LogP contribution in [-0.4, -0.2) is 7.11 Å². The fraction of sp³-hybridized carbons (Fsp3) is 0.294. The number of methoxy groups -OCH3 is 1. The predicted molar refractivity (Wildman–Crippen MR) is 79.5 cm³/mol. The molecule has 0 amide bonds. The molecule has 1 unspecified atom stereocenters. The van der Waals surface area contributed by atoms with Crippen molar-refractivity contribution in [3.05, 3.63) is 64.5 Å². The summed E-state index contributed by atoms with van der Waals surface area (Å²) in [6, 6.07) is 10.4. The summed E-state index contributed by atoms with van der Waals surface area (Å²) in [6.07, 6.45) is 0.654. The van der Waals surface area contributed by atoms with Crippen LogP contribution in [0.2, 0.25) is 0 Å². The fourth-order valence-corrected chi connectivity index (χ4v) is 2.29. The number of hydrogen-bond donors (Lipinski definition) is 1. The average molecular weight is 273 g/mol. The van der Waals surface area contributed by atoms with E-state index >= 15 is 0 Å². The van der Waals surface area contributed by atoms with E-state index in [4.69, 9.17) is 10.5 Å². The van der Waals surface area contributed by atoms with Gasteiger partial charge in [0.05, 0.1) is 7.11 Å². The van der Waals surface area contributed by atoms with Crippen LogP contribution >= 0.6 is 0 Å². The molecule has 0 heterocycles. The van der Waals surface area contributed by atoms with Crippen LogP contribution < -0.4 is 10.5 Å². The molecule has 20 heavy (non-hydrogen) atoms. The Hall–Kier alpha value is -1.87. The smallest absolute Gasteiger partial charge is 0.123 e. The fourth-order valence-electron chi connectivity index (χ4n) is 2.29. The first kappa shape index (κ1) is 14.5. The summed E-state index contributed by atoms with van der Waals surface area (Å²) in [5, 5.41) is 0. The van der Waals surface area contributed by atoms with Gasteiger partial charge in [-0.3, -0.25) is 0 Å². The molecule has 0 spiro atoms. The first-order chi connectivity index (χ1) is 9.51. The van der Waals surface area contributed by atoms with E-state index in [9.17, 15) is 4.39 Å². The Bertz CT molecular complexity index is 610. The zero-order valence-electron chi connectivity index (χ0n) is 12.1. The van der Waals surface area contributed by atoms with Crippen molar-refractivity contribution in [1.82, 2.24) is 0 Å². The maximum Gasteiger partial charge on any atom is 0.123 e. The van der Waals surface area contributed by atoms with Crippen molar-refractivity contribution in [2.75, 3.05) is 7.11 Å². The number of nitrogens with two attached hydrogens (primary N) is 1. The van der Waals surface area contributed by atoms with Gasteiger partial charge in [-0.05, 0) is 55.2 Å². The molecule has 0 aliphatic heterocycles. The lowest BCUT2D eigenvalue weighted by Crippen LogP contribution is -2.15. The van der Waals surface area contributed by atoms with Crippen molar-refractivity contribution >= 4 is 0 Å². The quantitative estimate of drug-likeness (QED) is 0.922. The maximum atomic E-state index is 13.4. The van der Waals surface area contributed by atoms with Gasteiger partial charge in [-0.25, -0.2) is 4.39 Å². The van der Waals surface area contributed by atoms with Crippen molar-refractivity contribution < 1.29 is 9.13 Å². The summed E-state index contributed by atoms with van der Waals surface area (Å²) in [5.41, 5.74) is 10.6. The molecule has 0 aromatic heterocycles. The molecule has 0 saturated heterocycles. The van der Waals surface area contributed by atoms with E-state index in [0.29, 0.717) is 17.7 Å². The number of rotatable bonds is 4. The molecular weight excluding hydrogens is 253 g/mol. The molecule has 2 aromatic rings. The normalized spacial score (nSPS) is 12.2. The molecule has 2 rings (SSSR count). The van der Waals surface area contributed by atoms with Gasteiger partial charge < -0.3 is 10.5 Å². The maximum absolute atomic E-state index is 13.4. The van der Waals surface area contributed by atoms with E-state index in [1.807, 2.05) is 0 Å². The van der Waals surface area contributed by atoms with Gasteiger partial charge >= 0.3 is 0 Å². The monoisotopic (exact) mass is 273 g/mol. The second kappa shape index (κ2) is 6.06. The largest absolute Gasteiger partial charge is 0.496 e. The van der Waals surface area contributed by atoms with E-state index in [1.165, 1.54) is 23.3 Å². The van der Waals surface area contributed by atoms with Crippen molar-refractivity contribution in [1.29, 1.82) is 0 Å². The van der Waals surface area contributed by atoms with Gasteiger partial charge in [-0.15, -0.1) is 0 Å². The van der Waals surface area contributed by atoms with Gasteiger partial charge in [0.25, 0.3) is 0 Å². The number of ether oxygens (including phenoxy) is 1. The van der Waals surface area contributed by atoms with Crippen LogP contribution in [0.3, 0.4) is 0 Å². The number of benzene rings is 2. The Balaban J connectivity index is 2.25. The van der Waals surface area contributed by atoms with Gasteiger partial charge in [0, 0.05) is 11.6 Å². The summed E-state index contributed by atoms with van der Waals surface area (Å²) in [7, 11) is 1.57. The lowest BCUT2D eigenvalue weighted by Gasteiger charge is -2.16. The highest BCUT2D eigenvalue weighted by molar-refractivity contribution is 5.38. The van der Waals surface area contributed by atoms with Crippen LogP contribution in [-0.2, 0) is 6.42 Å². The molecule has 0 aliphatic rings. The van der Waals surface area contributed by atoms with E-state index in [1.54, 1.807) is 13.2 Å². The molecule has 3 heteroatoms. The number of aryl methyl sites for hydroxylation is 2. The van der Waals surface area contributed by atoms with Crippen molar-refractivity contribution in [2.24, 2.45) is 5.73 Å². The number of hydrogen-bond acceptors (Lipinski definition) is 2. The molecule has 106 valence electrons. The van der Waals surface area contributed by atoms with E-state index in [2.05, 4.69) is 32.0 Å². The van der Waals surface area contributed by atoms with Crippen LogP contribution in [0, 0.1) is 19.7 Å². The van der Waals surface area contributed by atoms with Gasteiger partial charge in [-0.2, -0.15) is 0 Å². The van der Waals surface area contributed by atoms with Gasteiger partial charge in [-0.1, -0.05) is 18.2 Å². The zero-order valence-corrected chi connectivity index (χ0v) is 12.1. The molecule has 1 atom stereocenters. The van der Waals surface area contributed by atoms with Crippen molar-refractivity contribution in [2.45, 2.75) is 26.3 Å². The Morgan fingerprint density at radius 1 is 1.10 bits per heavy atom. The second-order valence-corrected chi connectivity index (χ2v) is 5.12.